The van der Waals surface area contributed by atoms with Gasteiger partial charge in [-0.25, -0.2) is 4.98 Å². The van der Waals surface area contributed by atoms with Gasteiger partial charge in [0.2, 0.25) is 23.5 Å². The van der Waals surface area contributed by atoms with E-state index in [9.17, 15) is 28.8 Å². The minimum absolute atomic E-state index is 0.0266. The molecule has 0 bridgehead atoms. The van der Waals surface area contributed by atoms with Gasteiger partial charge in [-0.15, -0.1) is 11.3 Å². The molecule has 3 fully saturated rings. The Bertz CT molecular complexity index is 1640. The summed E-state index contributed by atoms with van der Waals surface area (Å²) in [6.07, 6.45) is 1.43. The Balaban J connectivity index is 1.38. The summed E-state index contributed by atoms with van der Waals surface area (Å²) in [7, 11) is 0. The molecule has 288 valence electrons. The van der Waals surface area contributed by atoms with Crippen LogP contribution in [0.4, 0.5) is 0 Å². The molecule has 8 atom stereocenters. The molecule has 2 aromatic rings. The van der Waals surface area contributed by atoms with Crippen LogP contribution in [-0.2, 0) is 38.2 Å². The number of nitrogens with one attached hydrogen (secondary N) is 2. The van der Waals surface area contributed by atoms with Gasteiger partial charge in [0.25, 0.3) is 5.78 Å². The third-order valence-corrected chi connectivity index (χ3v) is 10.9. The van der Waals surface area contributed by atoms with Gasteiger partial charge in [-0.1, -0.05) is 64.4 Å². The van der Waals surface area contributed by atoms with E-state index in [1.807, 2.05) is 71.9 Å². The number of hydrogen-bond donors (Lipinski definition) is 2. The van der Waals surface area contributed by atoms with E-state index >= 15 is 0 Å². The number of amides is 3. The van der Waals surface area contributed by atoms with Crippen molar-refractivity contribution in [2.45, 2.75) is 110 Å². The molecule has 0 saturated carbocycles. The molecule has 0 aliphatic carbocycles. The van der Waals surface area contributed by atoms with E-state index in [1.54, 1.807) is 5.38 Å². The Kier molecular flexibility index (Phi) is 13.3. The lowest BCUT2D eigenvalue weighted by atomic mass is 9.84. The molecule has 2 N–H and O–H groups in total. The standard InChI is InChI=1S/C39H52N4O9S/c1-7-11-23(19-44)16-28(31(45)32(46)36-41-29(21-53-36)24-12-9-8-10-13-24)40-35(48)30-17-25(52-22(2)3)18-43(30)37(49)33(39(4,5)6)42-34(47)27-20-51-38-26(27)14-15-50-38/h8-10,12-13,19,21-23,25-28,30,33,38H,7,11,14-18,20H2,1-6H3,(H,40,48)(H,42,47)/t23?,25-,26?,27?,28?,30?,33-,38?/m1/s1. The molecular formula is C39H52N4O9S. The van der Waals surface area contributed by atoms with Crippen LogP contribution in [0, 0.1) is 23.2 Å². The van der Waals surface area contributed by atoms with Gasteiger partial charge < -0.3 is 34.5 Å². The number of nitrogens with zero attached hydrogens (tertiary/aromatic N) is 2. The Morgan fingerprint density at radius 2 is 1.81 bits per heavy atom. The number of hydrogen-bond acceptors (Lipinski definition) is 11. The number of ether oxygens (including phenoxy) is 3. The minimum atomic E-state index is -1.34. The van der Waals surface area contributed by atoms with Gasteiger partial charge in [-0.05, 0) is 38.5 Å². The summed E-state index contributed by atoms with van der Waals surface area (Å²) in [5.74, 6) is -4.38. The first kappa shape index (κ1) is 40.3. The fraction of sp³-hybridized carbons (Fsp3) is 0.615. The van der Waals surface area contributed by atoms with E-state index in [2.05, 4.69) is 15.6 Å². The molecule has 6 unspecified atom stereocenters. The average molecular weight is 753 g/mol. The van der Waals surface area contributed by atoms with Crippen LogP contribution in [0.3, 0.4) is 0 Å². The third kappa shape index (κ3) is 9.64. The number of carbonyl (C=O) groups is 6. The summed E-state index contributed by atoms with van der Waals surface area (Å²) < 4.78 is 17.4. The highest BCUT2D eigenvalue weighted by molar-refractivity contribution is 7.13. The fourth-order valence-corrected chi connectivity index (χ4v) is 8.14. The van der Waals surface area contributed by atoms with Crippen molar-refractivity contribution in [3.8, 4) is 11.3 Å². The number of fused-ring (bicyclic) bond motifs is 1. The number of ketones is 2. The number of benzene rings is 1. The van der Waals surface area contributed by atoms with Crippen molar-refractivity contribution in [3.63, 3.8) is 0 Å². The second-order valence-corrected chi connectivity index (χ2v) is 16.4. The van der Waals surface area contributed by atoms with Crippen LogP contribution < -0.4 is 10.6 Å². The second-order valence-electron chi connectivity index (χ2n) is 15.6. The maximum absolute atomic E-state index is 14.5. The molecule has 3 aliphatic rings. The van der Waals surface area contributed by atoms with Crippen molar-refractivity contribution < 1.29 is 43.0 Å². The van der Waals surface area contributed by atoms with Crippen molar-refractivity contribution in [3.05, 3.63) is 40.7 Å². The van der Waals surface area contributed by atoms with Gasteiger partial charge in [0.1, 0.15) is 18.4 Å². The highest BCUT2D eigenvalue weighted by Gasteiger charge is 2.49. The van der Waals surface area contributed by atoms with E-state index in [4.69, 9.17) is 14.2 Å². The molecule has 0 radical (unpaired) electrons. The summed E-state index contributed by atoms with van der Waals surface area (Å²) >= 11 is 1.03. The van der Waals surface area contributed by atoms with E-state index in [0.29, 0.717) is 31.6 Å². The van der Waals surface area contributed by atoms with Gasteiger partial charge in [0.05, 0.1) is 43.1 Å². The van der Waals surface area contributed by atoms with Gasteiger partial charge in [-0.2, -0.15) is 0 Å². The van der Waals surface area contributed by atoms with Gasteiger partial charge in [-0.3, -0.25) is 24.0 Å². The highest BCUT2D eigenvalue weighted by Crippen LogP contribution is 2.36. The molecule has 4 heterocycles. The van der Waals surface area contributed by atoms with Gasteiger partial charge >= 0.3 is 0 Å². The maximum atomic E-state index is 14.5. The topological polar surface area (TPSA) is 170 Å². The van der Waals surface area contributed by atoms with Crippen molar-refractivity contribution in [1.82, 2.24) is 20.5 Å². The predicted octanol–water partition coefficient (Wildman–Crippen LogP) is 3.99. The summed E-state index contributed by atoms with van der Waals surface area (Å²) in [6, 6.07) is 5.81. The molecule has 5 rings (SSSR count). The van der Waals surface area contributed by atoms with Crippen molar-refractivity contribution in [2.24, 2.45) is 23.2 Å². The number of carbonyl (C=O) groups excluding carboxylic acids is 6. The lowest BCUT2D eigenvalue weighted by molar-refractivity contribution is -0.145. The van der Waals surface area contributed by atoms with Crippen LogP contribution in [0.25, 0.3) is 11.3 Å². The number of rotatable bonds is 16. The van der Waals surface area contributed by atoms with Crippen molar-refractivity contribution in [1.29, 1.82) is 0 Å². The summed E-state index contributed by atoms with van der Waals surface area (Å²) in [5, 5.41) is 7.40. The number of likely N-dealkylation sites (tertiary alicyclic amines) is 1. The zero-order valence-electron chi connectivity index (χ0n) is 31.4. The van der Waals surface area contributed by atoms with Crippen LogP contribution >= 0.6 is 11.3 Å². The Morgan fingerprint density at radius 1 is 1.08 bits per heavy atom. The Labute approximate surface area is 314 Å². The normalized spacial score (nSPS) is 24.4. The fourth-order valence-electron chi connectivity index (χ4n) is 7.37. The van der Waals surface area contributed by atoms with Gasteiger partial charge in [0.15, 0.2) is 11.3 Å². The van der Waals surface area contributed by atoms with E-state index in [0.717, 1.165) is 23.2 Å². The maximum Gasteiger partial charge on any atom is 0.259 e. The largest absolute Gasteiger partial charge is 0.374 e. The molecule has 14 heteroatoms. The molecule has 3 amide bonds. The number of aldehydes is 1. The minimum Gasteiger partial charge on any atom is -0.374 e. The molecule has 0 spiro atoms. The molecule has 1 aromatic heterocycles. The molecule has 53 heavy (non-hydrogen) atoms. The molecule has 3 saturated heterocycles. The van der Waals surface area contributed by atoms with E-state index in [1.165, 1.54) is 4.90 Å². The molecule has 3 aliphatic heterocycles. The zero-order chi connectivity index (χ0) is 38.4. The first-order chi connectivity index (χ1) is 25.2. The van der Waals surface area contributed by atoms with Gasteiger partial charge in [0, 0.05) is 35.7 Å². The summed E-state index contributed by atoms with van der Waals surface area (Å²) in [4.78, 5) is 87.8. The van der Waals surface area contributed by atoms with Crippen molar-refractivity contribution >= 4 is 46.9 Å². The predicted molar refractivity (Wildman–Crippen MR) is 197 cm³/mol. The highest BCUT2D eigenvalue weighted by atomic mass is 32.1. The van der Waals surface area contributed by atoms with E-state index in [-0.39, 0.29) is 48.9 Å². The third-order valence-electron chi connectivity index (χ3n) is 10.1. The van der Waals surface area contributed by atoms with Crippen LogP contribution in [0.1, 0.15) is 83.4 Å². The summed E-state index contributed by atoms with van der Waals surface area (Å²) in [6.45, 7) is 11.9. The lowest BCUT2D eigenvalue weighted by Crippen LogP contribution is -2.59. The number of thiazole rings is 1. The first-order valence-electron chi connectivity index (χ1n) is 18.6. The molecular weight excluding hydrogens is 701 g/mol. The van der Waals surface area contributed by atoms with Crippen LogP contribution in [-0.4, -0.2) is 102 Å². The smallest absolute Gasteiger partial charge is 0.259 e. The first-order valence-corrected chi connectivity index (χ1v) is 19.4. The molecule has 1 aromatic carbocycles. The molecule has 13 nitrogen and oxygen atoms in total. The zero-order valence-corrected chi connectivity index (χ0v) is 32.2. The SMILES string of the molecule is CCCC(C=O)CC(NC(=O)C1C[C@@H](OC(C)C)CN1C(=O)[C@@H](NC(=O)C1COC2OCCC21)C(C)(C)C)C(=O)C(=O)c1nc(-c2ccccc2)cs1. The van der Waals surface area contributed by atoms with Crippen LogP contribution in [0.15, 0.2) is 35.7 Å². The second kappa shape index (κ2) is 17.5. The average Bonchev–Trinajstić information content (AvgIpc) is 3.93. The number of Topliss-reactive ketones (excluding diaryl/α,β-unsaturated/α-hetero) is 2. The Hall–Kier alpha value is -3.85. The monoisotopic (exact) mass is 752 g/mol. The lowest BCUT2D eigenvalue weighted by Gasteiger charge is -2.36. The number of aromatic nitrogens is 1. The Morgan fingerprint density at radius 3 is 2.47 bits per heavy atom. The van der Waals surface area contributed by atoms with Crippen LogP contribution in [0.2, 0.25) is 0 Å². The quantitative estimate of drug-likeness (QED) is 0.145. The van der Waals surface area contributed by atoms with E-state index < -0.39 is 71.2 Å². The van der Waals surface area contributed by atoms with Crippen LogP contribution in [0.5, 0.6) is 0 Å². The van der Waals surface area contributed by atoms with Crippen molar-refractivity contribution in [2.75, 3.05) is 19.8 Å². The summed E-state index contributed by atoms with van der Waals surface area (Å²) in [5.41, 5.74) is 0.578.